The first-order chi connectivity index (χ1) is 10.5. The molecule has 0 bridgehead atoms. The lowest BCUT2D eigenvalue weighted by Crippen LogP contribution is -1.87. The maximum Gasteiger partial charge on any atom is 0.127 e. The Labute approximate surface area is 137 Å². The summed E-state index contributed by atoms with van der Waals surface area (Å²) in [5, 5.41) is 11.6. The average Bonchev–Trinajstić information content (AvgIpc) is 2.45. The van der Waals surface area contributed by atoms with Gasteiger partial charge in [0.2, 0.25) is 0 Å². The lowest BCUT2D eigenvalue weighted by atomic mass is 10.1. The Morgan fingerprint density at radius 3 is 2.68 bits per heavy atom. The molecule has 0 atom stereocenters. The van der Waals surface area contributed by atoms with Crippen LogP contribution >= 0.6 is 23.2 Å². The standard InChI is InChI=1S/C17H12Cl2N2O/c1-10-6-16(12-4-2-3-5-15(12)21-10)20-9-13-14(19)7-11(18)8-17(13)22/h2-9,22H,1H3. The molecule has 0 radical (unpaired) electrons. The summed E-state index contributed by atoms with van der Waals surface area (Å²) in [6.45, 7) is 1.91. The first kappa shape index (κ1) is 14.8. The molecule has 22 heavy (non-hydrogen) atoms. The van der Waals surface area contributed by atoms with E-state index in [0.29, 0.717) is 15.6 Å². The van der Waals surface area contributed by atoms with Gasteiger partial charge in [-0.05, 0) is 31.2 Å². The van der Waals surface area contributed by atoms with Crippen molar-refractivity contribution in [3.05, 3.63) is 63.8 Å². The van der Waals surface area contributed by atoms with E-state index in [1.165, 1.54) is 12.3 Å². The quantitative estimate of drug-likeness (QED) is 0.647. The predicted molar refractivity (Wildman–Crippen MR) is 91.9 cm³/mol. The number of phenols is 1. The fourth-order valence-corrected chi connectivity index (χ4v) is 2.76. The average molecular weight is 331 g/mol. The highest BCUT2D eigenvalue weighted by Gasteiger charge is 2.07. The number of aromatic hydroxyl groups is 1. The Morgan fingerprint density at radius 2 is 1.91 bits per heavy atom. The van der Waals surface area contributed by atoms with E-state index in [9.17, 15) is 5.11 Å². The SMILES string of the molecule is Cc1cc(N=Cc2c(O)cc(Cl)cc2Cl)c2ccccc2n1. The van der Waals surface area contributed by atoms with E-state index in [0.717, 1.165) is 22.3 Å². The Morgan fingerprint density at radius 1 is 1.14 bits per heavy atom. The van der Waals surface area contributed by atoms with Crippen LogP contribution in [0.2, 0.25) is 10.0 Å². The van der Waals surface area contributed by atoms with Crippen molar-refractivity contribution in [1.82, 2.24) is 4.98 Å². The van der Waals surface area contributed by atoms with Gasteiger partial charge in [0, 0.05) is 22.3 Å². The number of nitrogens with zero attached hydrogens (tertiary/aromatic N) is 2. The third-order valence-electron chi connectivity index (χ3n) is 3.23. The Kier molecular flexibility index (Phi) is 4.01. The molecule has 1 heterocycles. The zero-order chi connectivity index (χ0) is 15.7. The Bertz CT molecular complexity index is 868. The molecule has 0 amide bonds. The lowest BCUT2D eigenvalue weighted by Gasteiger charge is -2.05. The molecule has 3 rings (SSSR count). The van der Waals surface area contributed by atoms with Crippen molar-refractivity contribution in [1.29, 1.82) is 0 Å². The van der Waals surface area contributed by atoms with Gasteiger partial charge in [0.15, 0.2) is 0 Å². The van der Waals surface area contributed by atoms with Gasteiger partial charge in [0.1, 0.15) is 5.75 Å². The normalized spacial score (nSPS) is 11.4. The van der Waals surface area contributed by atoms with Crippen LogP contribution in [0.4, 0.5) is 5.69 Å². The van der Waals surface area contributed by atoms with Crippen molar-refractivity contribution in [3.8, 4) is 5.75 Å². The van der Waals surface area contributed by atoms with Gasteiger partial charge in [-0.25, -0.2) is 0 Å². The summed E-state index contributed by atoms with van der Waals surface area (Å²) in [6.07, 6.45) is 1.54. The topological polar surface area (TPSA) is 45.5 Å². The van der Waals surface area contributed by atoms with Gasteiger partial charge < -0.3 is 5.11 Å². The van der Waals surface area contributed by atoms with Gasteiger partial charge in [0.25, 0.3) is 0 Å². The molecule has 0 aliphatic heterocycles. The summed E-state index contributed by atoms with van der Waals surface area (Å²) in [7, 11) is 0. The van der Waals surface area contributed by atoms with Gasteiger partial charge in [-0.2, -0.15) is 0 Å². The van der Waals surface area contributed by atoms with Crippen molar-refractivity contribution < 1.29 is 5.11 Å². The largest absolute Gasteiger partial charge is 0.507 e. The smallest absolute Gasteiger partial charge is 0.127 e. The number of rotatable bonds is 2. The second-order valence-electron chi connectivity index (χ2n) is 4.88. The van der Waals surface area contributed by atoms with E-state index < -0.39 is 0 Å². The second kappa shape index (κ2) is 5.95. The number of halogens is 2. The molecule has 1 N–H and O–H groups in total. The molecular weight excluding hydrogens is 319 g/mol. The Balaban J connectivity index is 2.11. The minimum Gasteiger partial charge on any atom is -0.507 e. The van der Waals surface area contributed by atoms with E-state index in [-0.39, 0.29) is 5.75 Å². The van der Waals surface area contributed by atoms with Crippen LogP contribution < -0.4 is 0 Å². The number of pyridine rings is 1. The van der Waals surface area contributed by atoms with Crippen molar-refractivity contribution in [2.45, 2.75) is 6.92 Å². The van der Waals surface area contributed by atoms with Crippen LogP contribution in [0.5, 0.6) is 5.75 Å². The predicted octanol–water partition coefficient (Wildman–Crippen LogP) is 5.31. The van der Waals surface area contributed by atoms with Crippen LogP contribution in [0.1, 0.15) is 11.3 Å². The minimum atomic E-state index is -0.00339. The number of fused-ring (bicyclic) bond motifs is 1. The van der Waals surface area contributed by atoms with Gasteiger partial charge in [-0.1, -0.05) is 41.4 Å². The van der Waals surface area contributed by atoms with Gasteiger partial charge in [-0.15, -0.1) is 0 Å². The van der Waals surface area contributed by atoms with Crippen LogP contribution in [-0.4, -0.2) is 16.3 Å². The van der Waals surface area contributed by atoms with Crippen molar-refractivity contribution in [2.75, 3.05) is 0 Å². The number of para-hydroxylation sites is 1. The van der Waals surface area contributed by atoms with Crippen LogP contribution in [0.25, 0.3) is 10.9 Å². The number of benzene rings is 2. The van der Waals surface area contributed by atoms with Crippen LogP contribution in [0, 0.1) is 6.92 Å². The third-order valence-corrected chi connectivity index (χ3v) is 3.76. The molecule has 0 fully saturated rings. The molecule has 5 heteroatoms. The number of aliphatic imine (C=N–C) groups is 1. The summed E-state index contributed by atoms with van der Waals surface area (Å²) >= 11 is 11.9. The molecule has 3 nitrogen and oxygen atoms in total. The summed E-state index contributed by atoms with van der Waals surface area (Å²) in [5.74, 6) is -0.00339. The van der Waals surface area contributed by atoms with Gasteiger partial charge in [-0.3, -0.25) is 9.98 Å². The molecule has 0 saturated carbocycles. The molecule has 0 saturated heterocycles. The summed E-state index contributed by atoms with van der Waals surface area (Å²) in [4.78, 5) is 8.94. The zero-order valence-corrected chi connectivity index (χ0v) is 13.2. The third kappa shape index (κ3) is 2.91. The highest BCUT2D eigenvalue weighted by molar-refractivity contribution is 6.36. The van der Waals surface area contributed by atoms with E-state index in [2.05, 4.69) is 9.98 Å². The van der Waals surface area contributed by atoms with E-state index in [4.69, 9.17) is 23.2 Å². The van der Waals surface area contributed by atoms with E-state index >= 15 is 0 Å². The number of hydrogen-bond donors (Lipinski definition) is 1. The monoisotopic (exact) mass is 330 g/mol. The second-order valence-corrected chi connectivity index (χ2v) is 5.72. The molecule has 0 aliphatic carbocycles. The molecule has 3 aromatic rings. The maximum absolute atomic E-state index is 9.95. The first-order valence-electron chi connectivity index (χ1n) is 6.63. The zero-order valence-electron chi connectivity index (χ0n) is 11.7. The molecule has 1 aromatic heterocycles. The Hall–Kier alpha value is -2.10. The van der Waals surface area contributed by atoms with Gasteiger partial charge >= 0.3 is 0 Å². The van der Waals surface area contributed by atoms with E-state index in [1.807, 2.05) is 37.3 Å². The first-order valence-corrected chi connectivity index (χ1v) is 7.38. The highest BCUT2D eigenvalue weighted by Crippen LogP contribution is 2.30. The molecule has 0 unspecified atom stereocenters. The molecule has 110 valence electrons. The van der Waals surface area contributed by atoms with Crippen LogP contribution in [0.3, 0.4) is 0 Å². The van der Waals surface area contributed by atoms with Gasteiger partial charge in [0.05, 0.1) is 21.8 Å². The van der Waals surface area contributed by atoms with E-state index in [1.54, 1.807) is 6.07 Å². The van der Waals surface area contributed by atoms with Crippen molar-refractivity contribution in [3.63, 3.8) is 0 Å². The minimum absolute atomic E-state index is 0.00339. The molecule has 0 aliphatic rings. The molecule has 2 aromatic carbocycles. The van der Waals surface area contributed by atoms with Crippen molar-refractivity contribution >= 4 is 46.0 Å². The molecule has 0 spiro atoms. The highest BCUT2D eigenvalue weighted by atomic mass is 35.5. The van der Waals surface area contributed by atoms with Crippen LogP contribution in [-0.2, 0) is 0 Å². The van der Waals surface area contributed by atoms with Crippen molar-refractivity contribution in [2.24, 2.45) is 4.99 Å². The maximum atomic E-state index is 9.95. The summed E-state index contributed by atoms with van der Waals surface area (Å²) in [5.41, 5.74) is 2.96. The number of hydrogen-bond acceptors (Lipinski definition) is 3. The number of aromatic nitrogens is 1. The summed E-state index contributed by atoms with van der Waals surface area (Å²) < 4.78 is 0. The number of phenolic OH excluding ortho intramolecular Hbond substituents is 1. The fourth-order valence-electron chi connectivity index (χ4n) is 2.23. The fraction of sp³-hybridized carbons (Fsp3) is 0.0588. The summed E-state index contributed by atoms with van der Waals surface area (Å²) in [6, 6.07) is 12.7. The van der Waals surface area contributed by atoms with Crippen LogP contribution in [0.15, 0.2) is 47.5 Å². The molecular formula is C17H12Cl2N2O. The lowest BCUT2D eigenvalue weighted by molar-refractivity contribution is 0.474. The number of aryl methyl sites for hydroxylation is 1.